The summed E-state index contributed by atoms with van der Waals surface area (Å²) in [6.45, 7) is 1.02. The highest BCUT2D eigenvalue weighted by molar-refractivity contribution is 5.27. The van der Waals surface area contributed by atoms with E-state index >= 15 is 0 Å². The van der Waals surface area contributed by atoms with Crippen LogP contribution in [0.15, 0.2) is 18.2 Å². The normalized spacial score (nSPS) is 11.8. The Morgan fingerprint density at radius 2 is 2.00 bits per heavy atom. The molecule has 0 atom stereocenters. The van der Waals surface area contributed by atoms with Crippen molar-refractivity contribution in [3.8, 4) is 0 Å². The second-order valence-electron chi connectivity index (χ2n) is 3.20. The molecule has 1 aromatic rings. The predicted octanol–water partition coefficient (Wildman–Crippen LogP) is 2.45. The van der Waals surface area contributed by atoms with E-state index in [0.29, 0.717) is 0 Å². The summed E-state index contributed by atoms with van der Waals surface area (Å²) in [4.78, 5) is 0. The number of hydrogen-bond acceptors (Lipinski definition) is 1. The van der Waals surface area contributed by atoms with E-state index in [1.54, 1.807) is 0 Å². The van der Waals surface area contributed by atoms with Crippen molar-refractivity contribution in [3.63, 3.8) is 0 Å². The van der Waals surface area contributed by atoms with Gasteiger partial charge in [0.2, 0.25) is 0 Å². The summed E-state index contributed by atoms with van der Waals surface area (Å²) in [5.41, 5.74) is 0.0732. The van der Waals surface area contributed by atoms with E-state index in [0.717, 1.165) is 12.1 Å². The van der Waals surface area contributed by atoms with E-state index in [1.165, 1.54) is 20.0 Å². The second kappa shape index (κ2) is 4.00. The molecule has 0 saturated carbocycles. The van der Waals surface area contributed by atoms with E-state index < -0.39 is 18.3 Å². The van der Waals surface area contributed by atoms with Crippen LogP contribution in [0, 0.1) is 12.7 Å². The Labute approximate surface area is 80.9 Å². The highest BCUT2D eigenvalue weighted by Gasteiger charge is 2.30. The fourth-order valence-corrected chi connectivity index (χ4v) is 1.20. The minimum absolute atomic E-state index is 0.161. The molecule has 0 aromatic heterocycles. The van der Waals surface area contributed by atoms with E-state index in [-0.39, 0.29) is 11.1 Å². The van der Waals surface area contributed by atoms with Gasteiger partial charge in [0.15, 0.2) is 0 Å². The molecule has 4 heteroatoms. The fourth-order valence-electron chi connectivity index (χ4n) is 1.20. The van der Waals surface area contributed by atoms with Crippen LogP contribution in [0.25, 0.3) is 0 Å². The maximum absolute atomic E-state index is 13.3. The fraction of sp³-hybridized carbons (Fsp3) is 0.400. The molecule has 14 heavy (non-hydrogen) atoms. The molecule has 0 aliphatic carbocycles. The van der Waals surface area contributed by atoms with Gasteiger partial charge in [0.25, 0.3) is 5.92 Å². The maximum atomic E-state index is 13.3. The van der Waals surface area contributed by atoms with Gasteiger partial charge in [-0.1, -0.05) is 6.07 Å². The van der Waals surface area contributed by atoms with Gasteiger partial charge in [0.05, 0.1) is 6.54 Å². The number of aryl methyl sites for hydroxylation is 1. The van der Waals surface area contributed by atoms with Crippen LogP contribution in [0.2, 0.25) is 0 Å². The number of alkyl halides is 2. The van der Waals surface area contributed by atoms with Crippen LogP contribution >= 0.6 is 0 Å². The second-order valence-corrected chi connectivity index (χ2v) is 3.20. The summed E-state index contributed by atoms with van der Waals surface area (Å²) in [5, 5.41) is 2.40. The number of hydrogen-bond donors (Lipinski definition) is 1. The van der Waals surface area contributed by atoms with Gasteiger partial charge < -0.3 is 5.32 Å². The van der Waals surface area contributed by atoms with Crippen molar-refractivity contribution in [1.82, 2.24) is 5.32 Å². The van der Waals surface area contributed by atoms with Crippen LogP contribution in [0.4, 0.5) is 13.2 Å². The summed E-state index contributed by atoms with van der Waals surface area (Å²) in [6.07, 6.45) is 0. The van der Waals surface area contributed by atoms with Gasteiger partial charge >= 0.3 is 0 Å². The lowest BCUT2D eigenvalue weighted by atomic mass is 10.1. The first-order valence-corrected chi connectivity index (χ1v) is 4.26. The minimum Gasteiger partial charge on any atom is -0.314 e. The van der Waals surface area contributed by atoms with Gasteiger partial charge in [-0.05, 0) is 31.7 Å². The molecule has 1 aromatic carbocycles. The number of nitrogens with one attached hydrogen (secondary N) is 1. The van der Waals surface area contributed by atoms with Gasteiger partial charge in [-0.2, -0.15) is 8.78 Å². The molecular formula is C10H12F3N. The summed E-state index contributed by atoms with van der Waals surface area (Å²) < 4.78 is 39.4. The van der Waals surface area contributed by atoms with Crippen LogP contribution < -0.4 is 5.32 Å². The summed E-state index contributed by atoms with van der Waals surface area (Å²) in [6, 6.07) is 3.35. The highest BCUT2D eigenvalue weighted by atomic mass is 19.3. The summed E-state index contributed by atoms with van der Waals surface area (Å²) in [5.74, 6) is -3.42. The predicted molar refractivity (Wildman–Crippen MR) is 49.0 cm³/mol. The molecule has 0 aliphatic rings. The highest BCUT2D eigenvalue weighted by Crippen LogP contribution is 2.28. The van der Waals surface area contributed by atoms with Gasteiger partial charge in [0, 0.05) is 5.56 Å². The molecule has 0 heterocycles. The molecular weight excluding hydrogens is 191 g/mol. The molecule has 0 aliphatic heterocycles. The Morgan fingerprint density at radius 1 is 1.36 bits per heavy atom. The molecule has 1 N–H and O–H groups in total. The SMILES string of the molecule is CNCC(F)(F)c1ccc(F)c(C)c1. The van der Waals surface area contributed by atoms with E-state index in [4.69, 9.17) is 0 Å². The molecule has 0 unspecified atom stereocenters. The Kier molecular flexibility index (Phi) is 3.16. The van der Waals surface area contributed by atoms with Crippen LogP contribution in [0.5, 0.6) is 0 Å². The van der Waals surface area contributed by atoms with Gasteiger partial charge in [-0.15, -0.1) is 0 Å². The van der Waals surface area contributed by atoms with Crippen molar-refractivity contribution in [1.29, 1.82) is 0 Å². The number of benzene rings is 1. The van der Waals surface area contributed by atoms with Crippen LogP contribution in [-0.4, -0.2) is 13.6 Å². The molecule has 78 valence electrons. The monoisotopic (exact) mass is 203 g/mol. The largest absolute Gasteiger partial charge is 0.314 e. The third kappa shape index (κ3) is 2.26. The number of halogens is 3. The zero-order valence-corrected chi connectivity index (χ0v) is 8.07. The summed E-state index contributed by atoms with van der Waals surface area (Å²) in [7, 11) is 1.45. The van der Waals surface area contributed by atoms with Gasteiger partial charge in [0.1, 0.15) is 5.82 Å². The lowest BCUT2D eigenvalue weighted by Gasteiger charge is -2.16. The molecule has 1 nitrogen and oxygen atoms in total. The molecule has 0 amide bonds. The topological polar surface area (TPSA) is 12.0 Å². The first-order chi connectivity index (χ1) is 6.47. The van der Waals surface area contributed by atoms with Crippen molar-refractivity contribution < 1.29 is 13.2 Å². The lowest BCUT2D eigenvalue weighted by molar-refractivity contribution is -0.00136. The Morgan fingerprint density at radius 3 is 2.50 bits per heavy atom. The van der Waals surface area contributed by atoms with E-state index in [1.807, 2.05) is 0 Å². The zero-order valence-electron chi connectivity index (χ0n) is 8.07. The van der Waals surface area contributed by atoms with Gasteiger partial charge in [-0.3, -0.25) is 0 Å². The standard InChI is InChI=1S/C10H12F3N/c1-7-5-8(3-4-9(7)11)10(12,13)6-14-2/h3-5,14H,6H2,1-2H3. The van der Waals surface area contributed by atoms with Crippen LogP contribution in [0.1, 0.15) is 11.1 Å². The van der Waals surface area contributed by atoms with Crippen molar-refractivity contribution in [2.24, 2.45) is 0 Å². The molecule has 0 spiro atoms. The van der Waals surface area contributed by atoms with Crippen molar-refractivity contribution in [2.75, 3.05) is 13.6 Å². The van der Waals surface area contributed by atoms with E-state index in [9.17, 15) is 13.2 Å². The zero-order chi connectivity index (χ0) is 10.8. The van der Waals surface area contributed by atoms with Gasteiger partial charge in [-0.25, -0.2) is 4.39 Å². The summed E-state index contributed by atoms with van der Waals surface area (Å²) >= 11 is 0. The first kappa shape index (κ1) is 11.0. The van der Waals surface area contributed by atoms with Crippen molar-refractivity contribution in [2.45, 2.75) is 12.8 Å². The Balaban J connectivity index is 3.01. The first-order valence-electron chi connectivity index (χ1n) is 4.26. The third-order valence-corrected chi connectivity index (χ3v) is 1.98. The quantitative estimate of drug-likeness (QED) is 0.795. The molecule has 1 rings (SSSR count). The van der Waals surface area contributed by atoms with Crippen molar-refractivity contribution >= 4 is 0 Å². The average Bonchev–Trinajstić information content (AvgIpc) is 2.09. The Bertz CT molecular complexity index is 323. The smallest absolute Gasteiger partial charge is 0.285 e. The van der Waals surface area contributed by atoms with Crippen molar-refractivity contribution in [3.05, 3.63) is 35.1 Å². The minimum atomic E-state index is -2.95. The molecule has 0 saturated heterocycles. The van der Waals surface area contributed by atoms with Crippen LogP contribution in [0.3, 0.4) is 0 Å². The maximum Gasteiger partial charge on any atom is 0.285 e. The Hall–Kier alpha value is -1.03. The van der Waals surface area contributed by atoms with Crippen LogP contribution in [-0.2, 0) is 5.92 Å². The number of likely N-dealkylation sites (N-methyl/N-ethyl adjacent to an activating group) is 1. The molecule has 0 bridgehead atoms. The molecule has 0 radical (unpaired) electrons. The third-order valence-electron chi connectivity index (χ3n) is 1.98. The average molecular weight is 203 g/mol. The molecule has 0 fully saturated rings. The van der Waals surface area contributed by atoms with E-state index in [2.05, 4.69) is 5.32 Å². The lowest BCUT2D eigenvalue weighted by Crippen LogP contribution is -2.28. The number of rotatable bonds is 3.